The molecule has 0 aliphatic carbocycles. The second kappa shape index (κ2) is 7.85. The number of halogens is 2. The second-order valence-corrected chi connectivity index (χ2v) is 4.16. The van der Waals surface area contributed by atoms with Crippen LogP contribution in [0.15, 0.2) is 18.2 Å². The lowest BCUT2D eigenvalue weighted by molar-refractivity contribution is -0.0493. The van der Waals surface area contributed by atoms with Crippen molar-refractivity contribution in [2.45, 2.75) is 13.5 Å². The minimum Gasteiger partial charge on any atom is -0.433 e. The van der Waals surface area contributed by atoms with Gasteiger partial charge in [0.15, 0.2) is 5.11 Å². The highest BCUT2D eigenvalue weighted by Crippen LogP contribution is 2.27. The van der Waals surface area contributed by atoms with E-state index in [1.807, 2.05) is 6.92 Å². The molecule has 0 aliphatic rings. The summed E-state index contributed by atoms with van der Waals surface area (Å²) in [6, 6.07) is 4.84. The fourth-order valence-corrected chi connectivity index (χ4v) is 1.59. The van der Waals surface area contributed by atoms with Crippen molar-refractivity contribution in [1.82, 2.24) is 5.32 Å². The normalized spacial score (nSPS) is 10.4. The Morgan fingerprint density at radius 2 is 2.16 bits per heavy atom. The van der Waals surface area contributed by atoms with Gasteiger partial charge in [-0.15, -0.1) is 0 Å². The number of alkyl halides is 2. The third kappa shape index (κ3) is 5.80. The van der Waals surface area contributed by atoms with E-state index in [1.165, 1.54) is 6.07 Å². The molecule has 1 aromatic rings. The molecule has 0 atom stereocenters. The Kier molecular flexibility index (Phi) is 6.44. The molecule has 0 heterocycles. The number of ether oxygens (including phenoxy) is 2. The number of hydrogen-bond acceptors (Lipinski definition) is 3. The van der Waals surface area contributed by atoms with Crippen LogP contribution in [0.1, 0.15) is 5.56 Å². The predicted octanol–water partition coefficient (Wildman–Crippen LogP) is 2.53. The number of hydrogen-bond donors (Lipinski definition) is 2. The summed E-state index contributed by atoms with van der Waals surface area (Å²) in [5, 5.41) is 6.03. The summed E-state index contributed by atoms with van der Waals surface area (Å²) in [5.41, 5.74) is 1.30. The monoisotopic (exact) mass is 290 g/mol. The maximum atomic E-state index is 12.3. The number of aryl methyl sites for hydroxylation is 1. The lowest BCUT2D eigenvalue weighted by atomic mass is 10.2. The molecule has 7 heteroatoms. The number of rotatable bonds is 6. The van der Waals surface area contributed by atoms with Crippen LogP contribution in [0, 0.1) is 6.92 Å². The van der Waals surface area contributed by atoms with Gasteiger partial charge in [0, 0.05) is 13.7 Å². The Hall–Kier alpha value is -1.47. The highest BCUT2D eigenvalue weighted by molar-refractivity contribution is 7.80. The zero-order valence-corrected chi connectivity index (χ0v) is 11.5. The first-order valence-corrected chi connectivity index (χ1v) is 6.03. The average molecular weight is 290 g/mol. The third-order valence-electron chi connectivity index (χ3n) is 2.19. The highest BCUT2D eigenvalue weighted by atomic mass is 32.1. The molecule has 0 bridgehead atoms. The molecule has 0 fully saturated rings. The third-order valence-corrected chi connectivity index (χ3v) is 2.44. The standard InChI is InChI=1S/C12H16F2N2O2S/c1-8-3-4-10(18-11(13)14)9(7-8)16-12(19)15-5-6-17-2/h3-4,7,11H,5-6H2,1-2H3,(H2,15,16,19). The van der Waals surface area contributed by atoms with Gasteiger partial charge in [-0.2, -0.15) is 8.78 Å². The highest BCUT2D eigenvalue weighted by Gasteiger charge is 2.10. The lowest BCUT2D eigenvalue weighted by Gasteiger charge is -2.15. The van der Waals surface area contributed by atoms with Gasteiger partial charge in [-0.05, 0) is 36.8 Å². The van der Waals surface area contributed by atoms with Crippen LogP contribution in [0.25, 0.3) is 0 Å². The van der Waals surface area contributed by atoms with E-state index in [4.69, 9.17) is 17.0 Å². The molecular weight excluding hydrogens is 274 g/mol. The SMILES string of the molecule is COCCNC(=S)Nc1cc(C)ccc1OC(F)F. The maximum Gasteiger partial charge on any atom is 0.387 e. The fraction of sp³-hybridized carbons (Fsp3) is 0.417. The zero-order chi connectivity index (χ0) is 14.3. The number of methoxy groups -OCH3 is 1. The lowest BCUT2D eigenvalue weighted by Crippen LogP contribution is -2.31. The van der Waals surface area contributed by atoms with Gasteiger partial charge in [0.05, 0.1) is 12.3 Å². The Morgan fingerprint density at radius 3 is 2.79 bits per heavy atom. The summed E-state index contributed by atoms with van der Waals surface area (Å²) >= 11 is 5.05. The number of thiocarbonyl (C=S) groups is 1. The molecular formula is C12H16F2N2O2S. The molecule has 0 unspecified atom stereocenters. The predicted molar refractivity (Wildman–Crippen MR) is 73.9 cm³/mol. The van der Waals surface area contributed by atoms with Crippen molar-refractivity contribution in [1.29, 1.82) is 0 Å². The minimum absolute atomic E-state index is 0.0523. The van der Waals surface area contributed by atoms with E-state index in [9.17, 15) is 8.78 Å². The van der Waals surface area contributed by atoms with Gasteiger partial charge in [-0.25, -0.2) is 0 Å². The van der Waals surface area contributed by atoms with Gasteiger partial charge >= 0.3 is 6.61 Å². The second-order valence-electron chi connectivity index (χ2n) is 3.75. The van der Waals surface area contributed by atoms with E-state index in [2.05, 4.69) is 15.4 Å². The first kappa shape index (κ1) is 15.6. The summed E-state index contributed by atoms with van der Waals surface area (Å²) in [6.07, 6.45) is 0. The molecule has 0 aromatic heterocycles. The van der Waals surface area contributed by atoms with Crippen molar-refractivity contribution in [2.75, 3.05) is 25.6 Å². The van der Waals surface area contributed by atoms with Gasteiger partial charge in [0.2, 0.25) is 0 Å². The molecule has 2 N–H and O–H groups in total. The number of anilines is 1. The summed E-state index contributed by atoms with van der Waals surface area (Å²) in [7, 11) is 1.58. The van der Waals surface area contributed by atoms with E-state index < -0.39 is 6.61 Å². The van der Waals surface area contributed by atoms with Crippen molar-refractivity contribution >= 4 is 23.0 Å². The maximum absolute atomic E-state index is 12.3. The first-order valence-electron chi connectivity index (χ1n) is 5.62. The van der Waals surface area contributed by atoms with E-state index in [1.54, 1.807) is 19.2 Å². The van der Waals surface area contributed by atoms with Crippen LogP contribution < -0.4 is 15.4 Å². The summed E-state index contributed by atoms with van der Waals surface area (Å²) in [5.74, 6) is 0.0523. The van der Waals surface area contributed by atoms with Crippen molar-refractivity contribution in [3.05, 3.63) is 23.8 Å². The molecule has 0 saturated carbocycles. The van der Waals surface area contributed by atoms with Gasteiger partial charge in [0.1, 0.15) is 5.75 Å². The van der Waals surface area contributed by atoms with Crippen LogP contribution in [-0.4, -0.2) is 32.0 Å². The van der Waals surface area contributed by atoms with Crippen molar-refractivity contribution in [3.8, 4) is 5.75 Å². The molecule has 0 aliphatic heterocycles. The van der Waals surface area contributed by atoms with Crippen LogP contribution in [-0.2, 0) is 4.74 Å². The minimum atomic E-state index is -2.88. The summed E-state index contributed by atoms with van der Waals surface area (Å²) in [6.45, 7) is -0.00760. The molecule has 1 aromatic carbocycles. The van der Waals surface area contributed by atoms with Gasteiger partial charge in [0.25, 0.3) is 0 Å². The van der Waals surface area contributed by atoms with Crippen LogP contribution in [0.5, 0.6) is 5.75 Å². The summed E-state index contributed by atoms with van der Waals surface area (Å²) < 4.78 is 33.8. The Morgan fingerprint density at radius 1 is 1.42 bits per heavy atom. The molecule has 4 nitrogen and oxygen atoms in total. The van der Waals surface area contributed by atoms with Crippen LogP contribution >= 0.6 is 12.2 Å². The average Bonchev–Trinajstić information content (AvgIpc) is 2.32. The Balaban J connectivity index is 2.69. The smallest absolute Gasteiger partial charge is 0.387 e. The van der Waals surface area contributed by atoms with Gasteiger partial charge < -0.3 is 20.1 Å². The Bertz CT molecular complexity index is 430. The molecule has 0 spiro atoms. The number of nitrogens with one attached hydrogen (secondary N) is 2. The van der Waals surface area contributed by atoms with Crippen LogP contribution in [0.3, 0.4) is 0 Å². The Labute approximate surface area is 116 Å². The van der Waals surface area contributed by atoms with Crippen LogP contribution in [0.4, 0.5) is 14.5 Å². The number of benzene rings is 1. The molecule has 106 valence electrons. The molecule has 0 amide bonds. The van der Waals surface area contributed by atoms with E-state index >= 15 is 0 Å². The topological polar surface area (TPSA) is 42.5 Å². The van der Waals surface area contributed by atoms with Crippen LogP contribution in [0.2, 0.25) is 0 Å². The molecule has 19 heavy (non-hydrogen) atoms. The van der Waals surface area contributed by atoms with Gasteiger partial charge in [-0.1, -0.05) is 6.07 Å². The van der Waals surface area contributed by atoms with Crippen molar-refractivity contribution in [3.63, 3.8) is 0 Å². The summed E-state index contributed by atoms with van der Waals surface area (Å²) in [4.78, 5) is 0. The van der Waals surface area contributed by atoms with E-state index in [0.717, 1.165) is 5.56 Å². The largest absolute Gasteiger partial charge is 0.433 e. The quantitative estimate of drug-likeness (QED) is 0.622. The van der Waals surface area contributed by atoms with Crippen molar-refractivity contribution in [2.24, 2.45) is 0 Å². The zero-order valence-electron chi connectivity index (χ0n) is 10.7. The van der Waals surface area contributed by atoms with Gasteiger partial charge in [-0.3, -0.25) is 0 Å². The van der Waals surface area contributed by atoms with E-state index in [-0.39, 0.29) is 5.75 Å². The molecule has 0 saturated heterocycles. The molecule has 0 radical (unpaired) electrons. The fourth-order valence-electron chi connectivity index (χ4n) is 1.37. The molecule has 1 rings (SSSR count). The van der Waals surface area contributed by atoms with E-state index in [0.29, 0.717) is 24.0 Å². The first-order chi connectivity index (χ1) is 9.02. The van der Waals surface area contributed by atoms with Crippen molar-refractivity contribution < 1.29 is 18.3 Å².